The minimum absolute atomic E-state index is 0.227. The molecule has 0 aliphatic carbocycles. The molecule has 108 valence electrons. The summed E-state index contributed by atoms with van der Waals surface area (Å²) < 4.78 is 16.1. The molecule has 0 radical (unpaired) electrons. The quantitative estimate of drug-likeness (QED) is 0.901. The molecule has 20 heavy (non-hydrogen) atoms. The third-order valence-electron chi connectivity index (χ3n) is 3.23. The normalized spacial score (nSPS) is 11.3. The van der Waals surface area contributed by atoms with Gasteiger partial charge in [-0.3, -0.25) is 4.68 Å². The minimum Gasteiger partial charge on any atom is -0.310 e. The van der Waals surface area contributed by atoms with Crippen LogP contribution >= 0.6 is 15.9 Å². The van der Waals surface area contributed by atoms with E-state index in [1.165, 1.54) is 17.7 Å². The van der Waals surface area contributed by atoms with Gasteiger partial charge in [-0.1, -0.05) is 29.8 Å². The molecule has 2 aromatic rings. The van der Waals surface area contributed by atoms with Crippen LogP contribution in [0.2, 0.25) is 0 Å². The maximum atomic E-state index is 13.3. The summed E-state index contributed by atoms with van der Waals surface area (Å²) in [4.78, 5) is 0. The number of hydrogen-bond acceptors (Lipinski definition) is 2. The second-order valence-corrected chi connectivity index (χ2v) is 6.04. The molecule has 0 saturated heterocycles. The molecule has 0 atom stereocenters. The van der Waals surface area contributed by atoms with Crippen molar-refractivity contribution in [2.45, 2.75) is 39.9 Å². The molecular formula is C15H19BrFN3. The first-order chi connectivity index (χ1) is 9.47. The zero-order valence-electron chi connectivity index (χ0n) is 12.0. The van der Waals surface area contributed by atoms with Gasteiger partial charge in [-0.15, -0.1) is 0 Å². The molecule has 1 aromatic carbocycles. The van der Waals surface area contributed by atoms with E-state index < -0.39 is 0 Å². The Morgan fingerprint density at radius 3 is 2.80 bits per heavy atom. The SMILES string of the molecule is Cc1c(CNC(C)C)cnn1Cc1cc(F)ccc1Br. The van der Waals surface area contributed by atoms with Crippen molar-refractivity contribution in [3.63, 3.8) is 0 Å². The number of hydrogen-bond donors (Lipinski definition) is 1. The van der Waals surface area contributed by atoms with Crippen molar-refractivity contribution in [1.82, 2.24) is 15.1 Å². The molecule has 1 aromatic heterocycles. The van der Waals surface area contributed by atoms with Crippen LogP contribution < -0.4 is 5.32 Å². The second-order valence-electron chi connectivity index (χ2n) is 5.18. The van der Waals surface area contributed by atoms with Gasteiger partial charge in [-0.25, -0.2) is 4.39 Å². The molecule has 0 amide bonds. The zero-order valence-corrected chi connectivity index (χ0v) is 13.5. The Labute approximate surface area is 127 Å². The third-order valence-corrected chi connectivity index (χ3v) is 4.01. The molecule has 3 nitrogen and oxygen atoms in total. The van der Waals surface area contributed by atoms with Gasteiger partial charge >= 0.3 is 0 Å². The Hall–Kier alpha value is -1.20. The molecule has 1 N–H and O–H groups in total. The number of aromatic nitrogens is 2. The molecule has 0 fully saturated rings. The van der Waals surface area contributed by atoms with Gasteiger partial charge in [0.25, 0.3) is 0 Å². The van der Waals surface area contributed by atoms with E-state index in [4.69, 9.17) is 0 Å². The molecule has 0 aliphatic heterocycles. The van der Waals surface area contributed by atoms with Crippen LogP contribution in [0.5, 0.6) is 0 Å². The molecule has 0 aliphatic rings. The molecule has 2 rings (SSSR count). The second kappa shape index (κ2) is 6.50. The largest absolute Gasteiger partial charge is 0.310 e. The first-order valence-electron chi connectivity index (χ1n) is 6.66. The van der Waals surface area contributed by atoms with E-state index in [0.29, 0.717) is 12.6 Å². The van der Waals surface area contributed by atoms with Crippen molar-refractivity contribution in [3.8, 4) is 0 Å². The fraction of sp³-hybridized carbons (Fsp3) is 0.400. The smallest absolute Gasteiger partial charge is 0.123 e. The van der Waals surface area contributed by atoms with Crippen molar-refractivity contribution in [3.05, 3.63) is 51.5 Å². The first kappa shape index (κ1) is 15.2. The lowest BCUT2D eigenvalue weighted by molar-refractivity contribution is 0.584. The molecule has 0 saturated carbocycles. The summed E-state index contributed by atoms with van der Waals surface area (Å²) in [6.45, 7) is 7.63. The fourth-order valence-electron chi connectivity index (χ4n) is 1.96. The Bertz CT molecular complexity index is 593. The summed E-state index contributed by atoms with van der Waals surface area (Å²) in [5.74, 6) is -0.227. The standard InChI is InChI=1S/C15H19BrFN3/c1-10(2)18-7-13-8-19-20(11(13)3)9-12-6-14(17)4-5-15(12)16/h4-6,8,10,18H,7,9H2,1-3H3. The Morgan fingerprint density at radius 1 is 1.35 bits per heavy atom. The topological polar surface area (TPSA) is 29.9 Å². The number of nitrogens with one attached hydrogen (secondary N) is 1. The van der Waals surface area contributed by atoms with Crippen molar-refractivity contribution in [1.29, 1.82) is 0 Å². The molecule has 0 bridgehead atoms. The third kappa shape index (κ3) is 3.67. The van der Waals surface area contributed by atoms with Crippen LogP contribution in [0.3, 0.4) is 0 Å². The maximum absolute atomic E-state index is 13.3. The average molecular weight is 340 g/mol. The molecule has 0 unspecified atom stereocenters. The highest BCUT2D eigenvalue weighted by atomic mass is 79.9. The van der Waals surface area contributed by atoms with E-state index in [0.717, 1.165) is 22.3 Å². The maximum Gasteiger partial charge on any atom is 0.123 e. The molecular weight excluding hydrogens is 321 g/mol. The highest BCUT2D eigenvalue weighted by Crippen LogP contribution is 2.20. The van der Waals surface area contributed by atoms with Gasteiger partial charge in [0.15, 0.2) is 0 Å². The van der Waals surface area contributed by atoms with Gasteiger partial charge < -0.3 is 5.32 Å². The lowest BCUT2D eigenvalue weighted by atomic mass is 10.2. The number of nitrogens with zero attached hydrogens (tertiary/aromatic N) is 2. The van der Waals surface area contributed by atoms with E-state index in [-0.39, 0.29) is 5.82 Å². The van der Waals surface area contributed by atoms with Crippen LogP contribution in [0, 0.1) is 12.7 Å². The van der Waals surface area contributed by atoms with E-state index in [1.54, 1.807) is 6.07 Å². The van der Waals surface area contributed by atoms with Crippen molar-refractivity contribution < 1.29 is 4.39 Å². The van der Waals surface area contributed by atoms with Crippen molar-refractivity contribution in [2.75, 3.05) is 0 Å². The lowest BCUT2D eigenvalue weighted by Gasteiger charge is -2.09. The van der Waals surface area contributed by atoms with Gasteiger partial charge in [-0.05, 0) is 30.7 Å². The monoisotopic (exact) mass is 339 g/mol. The Morgan fingerprint density at radius 2 is 2.10 bits per heavy atom. The number of rotatable bonds is 5. The summed E-state index contributed by atoms with van der Waals surface area (Å²) in [5.41, 5.74) is 3.17. The van der Waals surface area contributed by atoms with Crippen LogP contribution in [-0.2, 0) is 13.1 Å². The van der Waals surface area contributed by atoms with Gasteiger partial charge in [-0.2, -0.15) is 5.10 Å². The predicted octanol–water partition coefficient (Wildman–Crippen LogP) is 3.64. The fourth-order valence-corrected chi connectivity index (χ4v) is 2.33. The van der Waals surface area contributed by atoms with Crippen LogP contribution in [-0.4, -0.2) is 15.8 Å². The summed E-state index contributed by atoms with van der Waals surface area (Å²) in [5, 5.41) is 7.77. The van der Waals surface area contributed by atoms with E-state index in [9.17, 15) is 4.39 Å². The van der Waals surface area contributed by atoms with E-state index in [2.05, 4.69) is 40.2 Å². The lowest BCUT2D eigenvalue weighted by Crippen LogP contribution is -2.22. The summed E-state index contributed by atoms with van der Waals surface area (Å²) in [6, 6.07) is 5.15. The Balaban J connectivity index is 2.16. The van der Waals surface area contributed by atoms with Crippen LogP contribution in [0.4, 0.5) is 4.39 Å². The van der Waals surface area contributed by atoms with Crippen LogP contribution in [0.25, 0.3) is 0 Å². The minimum atomic E-state index is -0.227. The zero-order chi connectivity index (χ0) is 14.7. The molecule has 1 heterocycles. The summed E-state index contributed by atoms with van der Waals surface area (Å²) in [6.07, 6.45) is 1.87. The number of benzene rings is 1. The molecule has 5 heteroatoms. The van der Waals surface area contributed by atoms with Gasteiger partial charge in [0, 0.05) is 28.3 Å². The Kier molecular flexibility index (Phi) is 4.94. The van der Waals surface area contributed by atoms with Gasteiger partial charge in [0.2, 0.25) is 0 Å². The van der Waals surface area contributed by atoms with Crippen molar-refractivity contribution in [2.24, 2.45) is 0 Å². The van der Waals surface area contributed by atoms with Crippen molar-refractivity contribution >= 4 is 15.9 Å². The first-order valence-corrected chi connectivity index (χ1v) is 7.45. The van der Waals surface area contributed by atoms with Crippen LogP contribution in [0.15, 0.2) is 28.9 Å². The van der Waals surface area contributed by atoms with Gasteiger partial charge in [0.05, 0.1) is 12.7 Å². The number of halogens is 2. The van der Waals surface area contributed by atoms with Gasteiger partial charge in [0.1, 0.15) is 5.82 Å². The highest BCUT2D eigenvalue weighted by Gasteiger charge is 2.09. The predicted molar refractivity (Wildman–Crippen MR) is 82.1 cm³/mol. The van der Waals surface area contributed by atoms with E-state index >= 15 is 0 Å². The highest BCUT2D eigenvalue weighted by molar-refractivity contribution is 9.10. The summed E-state index contributed by atoms with van der Waals surface area (Å²) in [7, 11) is 0. The molecule has 0 spiro atoms. The van der Waals surface area contributed by atoms with E-state index in [1.807, 2.05) is 17.8 Å². The van der Waals surface area contributed by atoms with Crippen LogP contribution in [0.1, 0.15) is 30.7 Å². The average Bonchev–Trinajstić information content (AvgIpc) is 2.73. The summed E-state index contributed by atoms with van der Waals surface area (Å²) >= 11 is 3.45.